The number of rotatable bonds is 20. The predicted octanol–water partition coefficient (Wildman–Crippen LogP) is 4.45. The van der Waals surface area contributed by atoms with Crippen LogP contribution in [0.2, 0.25) is 0 Å². The van der Waals surface area contributed by atoms with E-state index in [2.05, 4.69) is 68.7 Å². The number of Topliss-reactive ketones (excluding diaryl/α,β-unsaturated/α-hetero) is 1. The van der Waals surface area contributed by atoms with Crippen LogP contribution in [0.15, 0.2) is 95.8 Å². The number of nitrogens with zero attached hydrogens (tertiary/aromatic N) is 2. The van der Waals surface area contributed by atoms with Crippen LogP contribution < -0.4 is 38.4 Å². The Bertz CT molecular complexity index is 2230. The first-order valence-corrected chi connectivity index (χ1v) is 20.6. The van der Waals surface area contributed by atoms with Gasteiger partial charge in [0.2, 0.25) is 5.91 Å². The van der Waals surface area contributed by atoms with Gasteiger partial charge in [0.15, 0.2) is 5.78 Å². The van der Waals surface area contributed by atoms with Crippen LogP contribution in [0.4, 0.5) is 17.1 Å². The van der Waals surface area contributed by atoms with Gasteiger partial charge in [0.1, 0.15) is 6.04 Å². The molecule has 1 unspecified atom stereocenters. The molecule has 0 aliphatic rings. The van der Waals surface area contributed by atoms with Gasteiger partial charge >= 0.3 is 5.69 Å². The van der Waals surface area contributed by atoms with Crippen molar-refractivity contribution in [2.45, 2.75) is 46.6 Å². The number of amides is 4. The average Bonchev–Trinajstić information content (AvgIpc) is 3.65. The number of hydrogen-bond donors (Lipinski definition) is 8. The molecule has 5 aromatic rings. The Morgan fingerprint density at radius 1 is 0.590 bits per heavy atom. The van der Waals surface area contributed by atoms with E-state index in [0.717, 1.165) is 52.1 Å². The van der Waals surface area contributed by atoms with Gasteiger partial charge in [0.05, 0.1) is 11.0 Å². The third kappa shape index (κ3) is 14.6. The molecule has 0 radical (unpaired) electrons. The molecule has 1 aromatic heterocycles. The zero-order valence-electron chi connectivity index (χ0n) is 35.3. The standard InChI is InChI=1S/C29H44N6O3.C16H14N4O3/c1-5-34(6-2)17-9-15-31-27(36)23-19-24(28(37)32-16-10-18-35(7-3)8-4)21-26(20-23)33-29(38)22-11-13-25(30)14-12-22;17-13(14(21)9-4-2-1-3-5-9)15(22)18-10-6-7-11-12(8-10)20-16(23)19-11/h11-14,19-21H,5-10,15-18,30H2,1-4H3,(H,31,36)(H,32,37)(H,33,38);1-8,13H,17H2,(H,18,22)(H2,19,20,23). The molecule has 4 aromatic carbocycles. The molecule has 16 heteroatoms. The van der Waals surface area contributed by atoms with Crippen LogP contribution in [0, 0.1) is 0 Å². The minimum atomic E-state index is -1.31. The van der Waals surface area contributed by atoms with Crippen molar-refractivity contribution in [3.63, 3.8) is 0 Å². The van der Waals surface area contributed by atoms with Crippen LogP contribution >= 0.6 is 0 Å². The molecular weight excluding hydrogens is 777 g/mol. The predicted molar refractivity (Wildman–Crippen MR) is 241 cm³/mol. The number of ketones is 1. The Morgan fingerprint density at radius 2 is 1.13 bits per heavy atom. The number of nitrogens with two attached hydrogens (primary N) is 2. The fraction of sp³-hybridized carbons (Fsp3) is 0.333. The normalized spacial score (nSPS) is 11.4. The smallest absolute Gasteiger partial charge is 0.323 e. The maximum atomic E-state index is 13.0. The number of H-pyrrole nitrogens is 2. The Hall–Kier alpha value is -6.62. The maximum Gasteiger partial charge on any atom is 0.323 e. The number of nitrogens with one attached hydrogen (secondary N) is 6. The second-order valence-corrected chi connectivity index (χ2v) is 14.2. The average molecular weight is 835 g/mol. The van der Waals surface area contributed by atoms with Crippen molar-refractivity contribution in [1.82, 2.24) is 30.4 Å². The number of hydrogen-bond acceptors (Lipinski definition) is 10. The van der Waals surface area contributed by atoms with Crippen molar-refractivity contribution >= 4 is 57.5 Å². The van der Waals surface area contributed by atoms with Gasteiger partial charge in [-0.05, 0) is 113 Å². The van der Waals surface area contributed by atoms with Gasteiger partial charge < -0.3 is 52.5 Å². The molecule has 1 atom stereocenters. The highest BCUT2D eigenvalue weighted by Gasteiger charge is 2.23. The quantitative estimate of drug-likeness (QED) is 0.0237. The van der Waals surface area contributed by atoms with E-state index in [9.17, 15) is 28.8 Å². The summed E-state index contributed by atoms with van der Waals surface area (Å²) in [5.74, 6) is -2.00. The largest absolute Gasteiger partial charge is 0.399 e. The summed E-state index contributed by atoms with van der Waals surface area (Å²) in [5, 5.41) is 11.3. The van der Waals surface area contributed by atoms with Crippen LogP contribution in [0.1, 0.15) is 82.0 Å². The van der Waals surface area contributed by atoms with E-state index < -0.39 is 17.7 Å². The monoisotopic (exact) mass is 834 g/mol. The number of fused-ring (bicyclic) bond motifs is 1. The van der Waals surface area contributed by atoms with E-state index in [1.54, 1.807) is 91.0 Å². The molecular formula is C45H58N10O6. The third-order valence-electron chi connectivity index (χ3n) is 9.96. The van der Waals surface area contributed by atoms with Crippen LogP contribution in [-0.4, -0.2) is 108 Å². The molecule has 0 saturated heterocycles. The first-order valence-electron chi connectivity index (χ1n) is 20.6. The van der Waals surface area contributed by atoms with E-state index >= 15 is 0 Å². The van der Waals surface area contributed by atoms with Crippen molar-refractivity contribution in [1.29, 1.82) is 0 Å². The number of aromatic amines is 2. The van der Waals surface area contributed by atoms with Crippen LogP contribution in [0.25, 0.3) is 11.0 Å². The van der Waals surface area contributed by atoms with Gasteiger partial charge in [-0.25, -0.2) is 4.79 Å². The number of imidazole rings is 1. The molecule has 0 saturated carbocycles. The lowest BCUT2D eigenvalue weighted by Crippen LogP contribution is -2.42. The summed E-state index contributed by atoms with van der Waals surface area (Å²) in [6, 6.07) is 23.2. The molecule has 0 bridgehead atoms. The van der Waals surface area contributed by atoms with Crippen LogP contribution in [-0.2, 0) is 4.79 Å². The third-order valence-corrected chi connectivity index (χ3v) is 9.96. The summed E-state index contributed by atoms with van der Waals surface area (Å²) in [7, 11) is 0. The second-order valence-electron chi connectivity index (χ2n) is 14.2. The highest BCUT2D eigenvalue weighted by atomic mass is 16.2. The summed E-state index contributed by atoms with van der Waals surface area (Å²) in [6.45, 7) is 15.1. The zero-order valence-corrected chi connectivity index (χ0v) is 35.3. The summed E-state index contributed by atoms with van der Waals surface area (Å²) in [6.07, 6.45) is 1.64. The number of carbonyl (C=O) groups excluding carboxylic acids is 5. The topological polar surface area (TPSA) is 241 Å². The molecule has 0 aliphatic heterocycles. The Kier molecular flexibility index (Phi) is 18.4. The van der Waals surface area contributed by atoms with Gasteiger partial charge in [-0.15, -0.1) is 0 Å². The van der Waals surface area contributed by atoms with Crippen LogP contribution in [0.5, 0.6) is 0 Å². The summed E-state index contributed by atoms with van der Waals surface area (Å²) in [5.41, 5.74) is 15.1. The molecule has 1 heterocycles. The minimum absolute atomic E-state index is 0.288. The fourth-order valence-corrected chi connectivity index (χ4v) is 6.32. The summed E-state index contributed by atoms with van der Waals surface area (Å²) < 4.78 is 0. The van der Waals surface area contributed by atoms with E-state index in [0.29, 0.717) is 63.4 Å². The summed E-state index contributed by atoms with van der Waals surface area (Å²) in [4.78, 5) is 84.0. The Morgan fingerprint density at radius 3 is 1.67 bits per heavy atom. The van der Waals surface area contributed by atoms with Crippen LogP contribution in [0.3, 0.4) is 0 Å². The van der Waals surface area contributed by atoms with E-state index in [1.807, 2.05) is 0 Å². The minimum Gasteiger partial charge on any atom is -0.399 e. The molecule has 324 valence electrons. The van der Waals surface area contributed by atoms with E-state index in [4.69, 9.17) is 11.5 Å². The highest BCUT2D eigenvalue weighted by Crippen LogP contribution is 2.18. The van der Waals surface area contributed by atoms with Gasteiger partial charge in [-0.1, -0.05) is 58.0 Å². The molecule has 5 rings (SSSR count). The van der Waals surface area contributed by atoms with Gasteiger partial charge in [-0.3, -0.25) is 24.0 Å². The van der Waals surface area contributed by atoms with Crippen molar-refractivity contribution < 1.29 is 24.0 Å². The molecule has 0 spiro atoms. The Balaban J connectivity index is 0.000000301. The van der Waals surface area contributed by atoms with Gasteiger partial charge in [-0.2, -0.15) is 0 Å². The van der Waals surface area contributed by atoms with Gasteiger partial charge in [0.25, 0.3) is 17.7 Å². The lowest BCUT2D eigenvalue weighted by Gasteiger charge is -2.18. The number of anilines is 3. The number of benzene rings is 4. The van der Waals surface area contributed by atoms with E-state index in [1.165, 1.54) is 0 Å². The second kappa shape index (κ2) is 23.8. The molecule has 4 amide bonds. The summed E-state index contributed by atoms with van der Waals surface area (Å²) >= 11 is 0. The van der Waals surface area contributed by atoms with Crippen molar-refractivity contribution in [3.8, 4) is 0 Å². The number of nitrogen functional groups attached to an aromatic ring is 1. The molecule has 0 aliphatic carbocycles. The number of carbonyl (C=O) groups is 5. The lowest BCUT2D eigenvalue weighted by atomic mass is 10.0. The molecule has 0 fully saturated rings. The zero-order chi connectivity index (χ0) is 44.3. The lowest BCUT2D eigenvalue weighted by molar-refractivity contribution is -0.116. The number of aromatic nitrogens is 2. The maximum absolute atomic E-state index is 13.0. The first kappa shape index (κ1) is 47.1. The molecule has 10 N–H and O–H groups in total. The molecule has 16 nitrogen and oxygen atoms in total. The van der Waals surface area contributed by atoms with Crippen molar-refractivity contribution in [3.05, 3.63) is 124 Å². The highest BCUT2D eigenvalue weighted by molar-refractivity contribution is 6.17. The van der Waals surface area contributed by atoms with E-state index in [-0.39, 0.29) is 23.4 Å². The van der Waals surface area contributed by atoms with Gasteiger partial charge in [0, 0.05) is 52.4 Å². The van der Waals surface area contributed by atoms with Crippen molar-refractivity contribution in [2.24, 2.45) is 5.73 Å². The molecule has 61 heavy (non-hydrogen) atoms. The fourth-order valence-electron chi connectivity index (χ4n) is 6.32. The first-order chi connectivity index (χ1) is 29.3. The Labute approximate surface area is 355 Å². The van der Waals surface area contributed by atoms with Crippen molar-refractivity contribution in [2.75, 3.05) is 68.7 Å². The SMILES string of the molecule is CCN(CC)CCCNC(=O)c1cc(NC(=O)c2ccc(N)cc2)cc(C(=O)NCCCN(CC)CC)c1.NC(C(=O)Nc1ccc2[nH]c(=O)[nH]c2c1)C(=O)c1ccccc1.